The third-order valence-electron chi connectivity index (χ3n) is 4.32. The Bertz CT molecular complexity index is 926. The van der Waals surface area contributed by atoms with E-state index in [4.69, 9.17) is 10.5 Å². The highest BCUT2D eigenvalue weighted by atomic mass is 16.5. The van der Waals surface area contributed by atoms with Gasteiger partial charge >= 0.3 is 0 Å². The number of rotatable bonds is 7. The molecule has 28 heavy (non-hydrogen) atoms. The van der Waals surface area contributed by atoms with E-state index in [0.29, 0.717) is 17.3 Å². The Labute approximate surface area is 164 Å². The topological polar surface area (TPSA) is 94.2 Å². The lowest BCUT2D eigenvalue weighted by atomic mass is 10.1. The van der Waals surface area contributed by atoms with Gasteiger partial charge < -0.3 is 15.4 Å². The number of hydrogen-bond acceptors (Lipinski definition) is 6. The second-order valence-corrected chi connectivity index (χ2v) is 6.53. The number of carbonyl (C=O) groups excluding carboxylic acids is 1. The van der Waals surface area contributed by atoms with Gasteiger partial charge in [-0.3, -0.25) is 14.8 Å². The van der Waals surface area contributed by atoms with E-state index in [1.807, 2.05) is 36.5 Å². The van der Waals surface area contributed by atoms with Crippen LogP contribution in [0.5, 0.6) is 11.5 Å². The van der Waals surface area contributed by atoms with E-state index in [9.17, 15) is 4.79 Å². The number of amides is 1. The van der Waals surface area contributed by atoms with E-state index in [2.05, 4.69) is 15.0 Å². The highest BCUT2D eigenvalue weighted by molar-refractivity contribution is 5.72. The zero-order chi connectivity index (χ0) is 19.9. The van der Waals surface area contributed by atoms with Crippen molar-refractivity contribution in [3.05, 3.63) is 60.7 Å². The van der Waals surface area contributed by atoms with Crippen molar-refractivity contribution in [3.63, 3.8) is 0 Å². The number of benzene rings is 1. The van der Waals surface area contributed by atoms with Gasteiger partial charge in [-0.25, -0.2) is 4.98 Å². The predicted molar refractivity (Wildman–Crippen MR) is 108 cm³/mol. The molecule has 0 aliphatic heterocycles. The SMILES string of the molecule is CC(=O)N(C)CCCc1cncc(Oc2ccc(-c3cnc(N)cn3)cc2)c1. The van der Waals surface area contributed by atoms with Crippen LogP contribution in [-0.2, 0) is 11.2 Å². The molecule has 0 aliphatic carbocycles. The second-order valence-electron chi connectivity index (χ2n) is 6.53. The maximum atomic E-state index is 11.3. The molecular formula is C21H23N5O2. The van der Waals surface area contributed by atoms with E-state index in [-0.39, 0.29) is 5.91 Å². The van der Waals surface area contributed by atoms with E-state index in [0.717, 1.165) is 36.2 Å². The lowest BCUT2D eigenvalue weighted by Crippen LogP contribution is -2.25. The minimum Gasteiger partial charge on any atom is -0.456 e. The van der Waals surface area contributed by atoms with E-state index >= 15 is 0 Å². The molecule has 2 aromatic heterocycles. The summed E-state index contributed by atoms with van der Waals surface area (Å²) in [4.78, 5) is 25.5. The molecule has 7 heteroatoms. The van der Waals surface area contributed by atoms with Crippen LogP contribution >= 0.6 is 0 Å². The lowest BCUT2D eigenvalue weighted by Gasteiger charge is -2.14. The molecular weight excluding hydrogens is 354 g/mol. The van der Waals surface area contributed by atoms with Gasteiger partial charge in [-0.1, -0.05) is 0 Å². The zero-order valence-electron chi connectivity index (χ0n) is 16.0. The minimum absolute atomic E-state index is 0.0728. The number of carbonyl (C=O) groups is 1. The molecule has 3 aromatic rings. The lowest BCUT2D eigenvalue weighted by molar-refractivity contribution is -0.127. The average Bonchev–Trinajstić information content (AvgIpc) is 2.69. The van der Waals surface area contributed by atoms with Crippen LogP contribution in [0.25, 0.3) is 11.3 Å². The summed E-state index contributed by atoms with van der Waals surface area (Å²) >= 11 is 0. The molecule has 7 nitrogen and oxygen atoms in total. The molecule has 144 valence electrons. The van der Waals surface area contributed by atoms with Crippen LogP contribution in [-0.4, -0.2) is 39.4 Å². The molecule has 0 fully saturated rings. The number of pyridine rings is 1. The number of nitrogens with two attached hydrogens (primary N) is 1. The molecule has 0 saturated carbocycles. The highest BCUT2D eigenvalue weighted by Gasteiger charge is 2.05. The standard InChI is InChI=1S/C21H23N5O2/c1-15(27)26(2)9-3-4-16-10-19(12-23-11-16)28-18-7-5-17(6-8-18)20-13-25-21(22)14-24-20/h5-8,10-14H,3-4,9H2,1-2H3,(H2,22,25). The van der Waals surface area contributed by atoms with Crippen LogP contribution in [0.2, 0.25) is 0 Å². The van der Waals surface area contributed by atoms with E-state index < -0.39 is 0 Å². The van der Waals surface area contributed by atoms with E-state index in [1.54, 1.807) is 31.3 Å². The first-order valence-corrected chi connectivity index (χ1v) is 9.03. The fraction of sp³-hybridized carbons (Fsp3) is 0.238. The summed E-state index contributed by atoms with van der Waals surface area (Å²) in [5.41, 5.74) is 8.32. The summed E-state index contributed by atoms with van der Waals surface area (Å²) in [7, 11) is 1.81. The molecule has 2 N–H and O–H groups in total. The molecule has 3 rings (SSSR count). The summed E-state index contributed by atoms with van der Waals surface area (Å²) in [6.07, 6.45) is 8.39. The van der Waals surface area contributed by atoms with Crippen LogP contribution in [0.1, 0.15) is 18.9 Å². The Morgan fingerprint density at radius 1 is 1.07 bits per heavy atom. The number of ether oxygens (including phenoxy) is 1. The van der Waals surface area contributed by atoms with Gasteiger partial charge in [0, 0.05) is 32.3 Å². The quantitative estimate of drug-likeness (QED) is 0.679. The Kier molecular flexibility index (Phi) is 6.16. The number of hydrogen-bond donors (Lipinski definition) is 1. The number of anilines is 1. The van der Waals surface area contributed by atoms with Crippen molar-refractivity contribution >= 4 is 11.7 Å². The van der Waals surface area contributed by atoms with Crippen LogP contribution in [0.15, 0.2) is 55.1 Å². The molecule has 0 saturated heterocycles. The first kappa shape index (κ1) is 19.3. The Morgan fingerprint density at radius 2 is 1.86 bits per heavy atom. The number of aromatic nitrogens is 3. The molecule has 0 atom stereocenters. The predicted octanol–water partition coefficient (Wildman–Crippen LogP) is 3.32. The van der Waals surface area contributed by atoms with Crippen molar-refractivity contribution in [2.24, 2.45) is 0 Å². The third-order valence-corrected chi connectivity index (χ3v) is 4.32. The maximum Gasteiger partial charge on any atom is 0.219 e. The zero-order valence-corrected chi connectivity index (χ0v) is 16.0. The maximum absolute atomic E-state index is 11.3. The van der Waals surface area contributed by atoms with Crippen molar-refractivity contribution in [2.75, 3.05) is 19.3 Å². The molecule has 0 spiro atoms. The van der Waals surface area contributed by atoms with Gasteiger partial charge in [0.25, 0.3) is 0 Å². The first-order chi connectivity index (χ1) is 13.5. The Balaban J connectivity index is 1.60. The van der Waals surface area contributed by atoms with E-state index in [1.165, 1.54) is 6.20 Å². The summed E-state index contributed by atoms with van der Waals surface area (Å²) in [5.74, 6) is 1.85. The van der Waals surface area contributed by atoms with Gasteiger partial charge in [0.05, 0.1) is 24.3 Å². The van der Waals surface area contributed by atoms with Gasteiger partial charge in [0.2, 0.25) is 5.91 Å². The highest BCUT2D eigenvalue weighted by Crippen LogP contribution is 2.25. The fourth-order valence-electron chi connectivity index (χ4n) is 2.65. The number of aryl methyl sites for hydroxylation is 1. The normalized spacial score (nSPS) is 10.5. The van der Waals surface area contributed by atoms with Crippen LogP contribution in [0, 0.1) is 0 Å². The average molecular weight is 377 g/mol. The van der Waals surface area contributed by atoms with Crippen molar-refractivity contribution in [1.29, 1.82) is 0 Å². The number of nitrogens with zero attached hydrogens (tertiary/aromatic N) is 4. The molecule has 2 heterocycles. The summed E-state index contributed by atoms with van der Waals surface area (Å²) < 4.78 is 5.91. The Hall–Kier alpha value is -3.48. The molecule has 0 aliphatic rings. The van der Waals surface area contributed by atoms with Crippen LogP contribution in [0.3, 0.4) is 0 Å². The largest absolute Gasteiger partial charge is 0.456 e. The first-order valence-electron chi connectivity index (χ1n) is 9.03. The number of nitrogen functional groups attached to an aromatic ring is 1. The monoisotopic (exact) mass is 377 g/mol. The van der Waals surface area contributed by atoms with Crippen molar-refractivity contribution in [3.8, 4) is 22.8 Å². The molecule has 1 aromatic carbocycles. The van der Waals surface area contributed by atoms with Crippen LogP contribution < -0.4 is 10.5 Å². The van der Waals surface area contributed by atoms with Gasteiger partial charge in [-0.05, 0) is 48.7 Å². The van der Waals surface area contributed by atoms with Crippen molar-refractivity contribution in [2.45, 2.75) is 19.8 Å². The second kappa shape index (κ2) is 8.94. The molecule has 0 unspecified atom stereocenters. The molecule has 0 bridgehead atoms. The fourth-order valence-corrected chi connectivity index (χ4v) is 2.65. The van der Waals surface area contributed by atoms with Crippen LogP contribution in [0.4, 0.5) is 5.82 Å². The molecule has 1 amide bonds. The molecule has 0 radical (unpaired) electrons. The minimum atomic E-state index is 0.0728. The van der Waals surface area contributed by atoms with Gasteiger partial charge in [0.15, 0.2) is 0 Å². The van der Waals surface area contributed by atoms with Gasteiger partial charge in [-0.2, -0.15) is 0 Å². The summed E-state index contributed by atoms with van der Waals surface area (Å²) in [6.45, 7) is 2.29. The van der Waals surface area contributed by atoms with Gasteiger partial charge in [-0.15, -0.1) is 0 Å². The third kappa shape index (κ3) is 5.26. The summed E-state index contributed by atoms with van der Waals surface area (Å²) in [6, 6.07) is 9.57. The van der Waals surface area contributed by atoms with Gasteiger partial charge in [0.1, 0.15) is 17.3 Å². The summed E-state index contributed by atoms with van der Waals surface area (Å²) in [5, 5.41) is 0. The smallest absolute Gasteiger partial charge is 0.219 e. The Morgan fingerprint density at radius 3 is 2.54 bits per heavy atom. The van der Waals surface area contributed by atoms with Crippen molar-refractivity contribution < 1.29 is 9.53 Å². The van der Waals surface area contributed by atoms with Crippen molar-refractivity contribution in [1.82, 2.24) is 19.9 Å².